The first-order valence-electron chi connectivity index (χ1n) is 12.3. The molecule has 1 heterocycles. The Morgan fingerprint density at radius 1 is 0.794 bits per heavy atom. The highest BCUT2D eigenvalue weighted by atomic mass is 28.4. The van der Waals surface area contributed by atoms with Gasteiger partial charge in [-0.15, -0.1) is 0 Å². The maximum absolute atomic E-state index is 7.18. The summed E-state index contributed by atoms with van der Waals surface area (Å²) in [5, 5.41) is 9.64. The second-order valence-electron chi connectivity index (χ2n) is 10.1. The molecule has 34 heavy (non-hydrogen) atoms. The quantitative estimate of drug-likeness (QED) is 0.234. The van der Waals surface area contributed by atoms with Crippen LogP contribution in [0.25, 0.3) is 0 Å². The average molecular weight is 469 g/mol. The van der Waals surface area contributed by atoms with E-state index in [4.69, 9.17) is 4.43 Å². The van der Waals surface area contributed by atoms with Crippen molar-refractivity contribution in [2.24, 2.45) is 0 Å². The van der Waals surface area contributed by atoms with Gasteiger partial charge in [0.15, 0.2) is 0 Å². The number of aromatic nitrogens is 2. The number of H-pyrrole nitrogens is 1. The molecule has 176 valence electrons. The molecule has 0 amide bonds. The van der Waals surface area contributed by atoms with E-state index in [0.717, 1.165) is 31.4 Å². The fourth-order valence-electron chi connectivity index (χ4n) is 4.89. The van der Waals surface area contributed by atoms with Crippen LogP contribution in [0, 0.1) is 6.92 Å². The average Bonchev–Trinajstić information content (AvgIpc) is 3.35. The first kappa shape index (κ1) is 24.0. The highest BCUT2D eigenvalue weighted by Crippen LogP contribution is 2.38. The number of aromatic amines is 1. The lowest BCUT2D eigenvalue weighted by Crippen LogP contribution is -2.68. The molecule has 4 rings (SSSR count). The van der Waals surface area contributed by atoms with Gasteiger partial charge in [0.25, 0.3) is 0 Å². The van der Waals surface area contributed by atoms with Crippen LogP contribution in [0.4, 0.5) is 0 Å². The van der Waals surface area contributed by atoms with E-state index in [9.17, 15) is 0 Å². The number of hydrogen-bond acceptors (Lipinski definition) is 2. The van der Waals surface area contributed by atoms with Crippen LogP contribution in [0.1, 0.15) is 50.4 Å². The summed E-state index contributed by atoms with van der Waals surface area (Å²) in [7, 11) is -2.60. The zero-order valence-corrected chi connectivity index (χ0v) is 21.8. The highest BCUT2D eigenvalue weighted by molar-refractivity contribution is 7.00. The van der Waals surface area contributed by atoms with Crippen LogP contribution < -0.4 is 14.8 Å². The standard InChI is InChI=1S/C30H36N2OSi/c1-24-23-27(20-19-25(24)13-11-12-14-26-21-22-31-32-26)33-34(30(2,3)4,28-15-7-5-8-16-28)29-17-9-6-10-18-29/h5-10,15-23H,11-14H2,1-4H3,(H,31,32). The van der Waals surface area contributed by atoms with E-state index in [2.05, 4.69) is 123 Å². The number of aryl methyl sites for hydroxylation is 3. The summed E-state index contributed by atoms with van der Waals surface area (Å²) in [5.74, 6) is 0.966. The summed E-state index contributed by atoms with van der Waals surface area (Å²) >= 11 is 0. The molecule has 0 aliphatic heterocycles. The summed E-state index contributed by atoms with van der Waals surface area (Å²) in [5.41, 5.74) is 3.92. The molecule has 3 aromatic carbocycles. The molecule has 4 heteroatoms. The molecule has 0 saturated heterocycles. The normalized spacial score (nSPS) is 12.0. The van der Waals surface area contributed by atoms with E-state index in [1.807, 2.05) is 6.20 Å². The lowest BCUT2D eigenvalue weighted by atomic mass is 10.0. The maximum atomic E-state index is 7.18. The third kappa shape index (κ3) is 5.17. The minimum atomic E-state index is -2.60. The molecule has 0 aliphatic carbocycles. The van der Waals surface area contributed by atoms with Crippen LogP contribution in [0.15, 0.2) is 91.1 Å². The van der Waals surface area contributed by atoms with Crippen LogP contribution in [0.2, 0.25) is 5.04 Å². The second kappa shape index (κ2) is 10.4. The molecule has 0 unspecified atom stereocenters. The Morgan fingerprint density at radius 3 is 1.94 bits per heavy atom. The van der Waals surface area contributed by atoms with Crippen molar-refractivity contribution in [3.8, 4) is 5.75 Å². The van der Waals surface area contributed by atoms with Crippen molar-refractivity contribution < 1.29 is 4.43 Å². The fourth-order valence-corrected chi connectivity index (χ4v) is 9.30. The Morgan fingerprint density at radius 2 is 1.41 bits per heavy atom. The third-order valence-electron chi connectivity index (χ3n) is 6.70. The van der Waals surface area contributed by atoms with Gasteiger partial charge >= 0.3 is 8.32 Å². The van der Waals surface area contributed by atoms with Crippen molar-refractivity contribution in [2.45, 2.75) is 58.4 Å². The summed E-state index contributed by atoms with van der Waals surface area (Å²) in [4.78, 5) is 0. The van der Waals surface area contributed by atoms with Gasteiger partial charge in [0.1, 0.15) is 5.75 Å². The molecular weight excluding hydrogens is 432 g/mol. The molecule has 3 nitrogen and oxygen atoms in total. The topological polar surface area (TPSA) is 37.9 Å². The molecule has 0 spiro atoms. The predicted molar refractivity (Wildman–Crippen MR) is 145 cm³/mol. The number of hydrogen-bond donors (Lipinski definition) is 1. The molecule has 0 atom stereocenters. The Labute approximate surface area is 205 Å². The number of benzene rings is 3. The summed E-state index contributed by atoms with van der Waals surface area (Å²) in [6, 6.07) is 30.4. The molecular formula is C30H36N2OSi. The van der Waals surface area contributed by atoms with Gasteiger partial charge in [-0.25, -0.2) is 0 Å². The highest BCUT2D eigenvalue weighted by Gasteiger charge is 2.52. The lowest BCUT2D eigenvalue weighted by molar-refractivity contribution is 0.507. The van der Waals surface area contributed by atoms with Gasteiger partial charge in [0.05, 0.1) is 0 Å². The number of nitrogens with zero attached hydrogens (tertiary/aromatic N) is 1. The summed E-state index contributed by atoms with van der Waals surface area (Å²) in [6.45, 7) is 9.17. The smallest absolute Gasteiger partial charge is 0.319 e. The summed E-state index contributed by atoms with van der Waals surface area (Å²) in [6.07, 6.45) is 6.27. The SMILES string of the molecule is Cc1cc(O[Si](c2ccccc2)(c2ccccc2)C(C)(C)C)ccc1CCCCc1ccn[nH]1. The van der Waals surface area contributed by atoms with E-state index in [0.29, 0.717) is 0 Å². The molecule has 1 aromatic heterocycles. The Bertz CT molecular complexity index is 1130. The molecule has 4 aromatic rings. The monoisotopic (exact) mass is 468 g/mol. The fraction of sp³-hybridized carbons (Fsp3) is 0.300. The Hall–Kier alpha value is -3.11. The van der Waals surface area contributed by atoms with E-state index >= 15 is 0 Å². The van der Waals surface area contributed by atoms with Gasteiger partial charge in [-0.2, -0.15) is 5.10 Å². The van der Waals surface area contributed by atoms with Crippen molar-refractivity contribution in [3.63, 3.8) is 0 Å². The predicted octanol–water partition coefficient (Wildman–Crippen LogP) is 6.22. The molecule has 0 fully saturated rings. The van der Waals surface area contributed by atoms with Crippen molar-refractivity contribution in [1.82, 2.24) is 10.2 Å². The Balaban J connectivity index is 1.60. The number of unbranched alkanes of at least 4 members (excludes halogenated alkanes) is 1. The number of rotatable bonds is 9. The van der Waals surface area contributed by atoms with Gasteiger partial charge in [-0.3, -0.25) is 5.10 Å². The first-order valence-corrected chi connectivity index (χ1v) is 14.2. The van der Waals surface area contributed by atoms with Crippen LogP contribution in [0.3, 0.4) is 0 Å². The van der Waals surface area contributed by atoms with E-state index in [1.54, 1.807) is 0 Å². The number of nitrogens with one attached hydrogen (secondary N) is 1. The van der Waals surface area contributed by atoms with E-state index in [-0.39, 0.29) is 5.04 Å². The van der Waals surface area contributed by atoms with Crippen molar-refractivity contribution in [1.29, 1.82) is 0 Å². The zero-order chi connectivity index (χ0) is 24.0. The van der Waals surface area contributed by atoms with Crippen molar-refractivity contribution >= 4 is 18.7 Å². The van der Waals surface area contributed by atoms with Crippen LogP contribution in [-0.4, -0.2) is 18.5 Å². The van der Waals surface area contributed by atoms with Crippen LogP contribution in [0.5, 0.6) is 5.75 Å². The molecule has 0 aliphatic rings. The van der Waals surface area contributed by atoms with Crippen molar-refractivity contribution in [3.05, 3.63) is 108 Å². The van der Waals surface area contributed by atoms with Gasteiger partial charge < -0.3 is 4.43 Å². The van der Waals surface area contributed by atoms with Crippen LogP contribution in [-0.2, 0) is 12.8 Å². The largest absolute Gasteiger partial charge is 0.534 e. The van der Waals surface area contributed by atoms with E-state index in [1.165, 1.54) is 27.2 Å². The lowest BCUT2D eigenvalue weighted by Gasteiger charge is -2.43. The Kier molecular flexibility index (Phi) is 7.37. The molecule has 0 saturated carbocycles. The van der Waals surface area contributed by atoms with Gasteiger partial charge in [0.2, 0.25) is 0 Å². The minimum Gasteiger partial charge on any atom is -0.534 e. The second-order valence-corrected chi connectivity index (χ2v) is 14.4. The zero-order valence-electron chi connectivity index (χ0n) is 20.8. The van der Waals surface area contributed by atoms with Gasteiger partial charge in [-0.05, 0) is 77.3 Å². The van der Waals surface area contributed by atoms with Crippen LogP contribution >= 0.6 is 0 Å². The maximum Gasteiger partial charge on any atom is 0.319 e. The summed E-state index contributed by atoms with van der Waals surface area (Å²) < 4.78 is 7.18. The third-order valence-corrected chi connectivity index (χ3v) is 11.6. The van der Waals surface area contributed by atoms with E-state index < -0.39 is 8.32 Å². The first-order chi connectivity index (χ1) is 16.4. The van der Waals surface area contributed by atoms with Gasteiger partial charge in [-0.1, -0.05) is 87.5 Å². The molecule has 0 radical (unpaired) electrons. The molecule has 0 bridgehead atoms. The van der Waals surface area contributed by atoms with Crippen molar-refractivity contribution in [2.75, 3.05) is 0 Å². The molecule has 1 N–H and O–H groups in total. The van der Waals surface area contributed by atoms with Gasteiger partial charge in [0, 0.05) is 11.9 Å². The minimum absolute atomic E-state index is 0.0467.